The zero-order chi connectivity index (χ0) is 15.0. The molecule has 0 aliphatic rings. The van der Waals surface area contributed by atoms with Crippen LogP contribution < -0.4 is 0 Å². The largest absolute Gasteiger partial charge is 0.354 e. The predicted octanol–water partition coefficient (Wildman–Crippen LogP) is 3.69. The number of nitrogens with zero attached hydrogens (tertiary/aromatic N) is 1. The van der Waals surface area contributed by atoms with E-state index in [1.165, 1.54) is 24.3 Å². The van der Waals surface area contributed by atoms with Gasteiger partial charge in [-0.15, -0.1) is 0 Å². The number of rotatable bonds is 3. The van der Waals surface area contributed by atoms with Crippen molar-refractivity contribution in [2.45, 2.75) is 0 Å². The van der Waals surface area contributed by atoms with Gasteiger partial charge in [-0.05, 0) is 24.3 Å². The van der Waals surface area contributed by atoms with Crippen molar-refractivity contribution in [1.29, 1.82) is 0 Å². The Morgan fingerprint density at radius 1 is 1.19 bits per heavy atom. The first-order chi connectivity index (χ1) is 10.1. The number of nitrogens with one attached hydrogen (secondary N) is 1. The molecule has 5 nitrogen and oxygen atoms in total. The van der Waals surface area contributed by atoms with Crippen molar-refractivity contribution in [2.75, 3.05) is 0 Å². The molecule has 0 fully saturated rings. The van der Waals surface area contributed by atoms with E-state index in [0.29, 0.717) is 28.4 Å². The molecule has 104 valence electrons. The summed E-state index contributed by atoms with van der Waals surface area (Å²) < 4.78 is 13.3. The van der Waals surface area contributed by atoms with Gasteiger partial charge < -0.3 is 4.98 Å². The minimum Gasteiger partial charge on any atom is -0.354 e. The SMILES string of the molecule is O=Cc1c(-c2ccccc2[N+](=O)[O-])[nH]c2ccc(F)cc12. The quantitative estimate of drug-likeness (QED) is 0.452. The lowest BCUT2D eigenvalue weighted by Gasteiger charge is -2.01. The molecule has 3 rings (SSSR count). The van der Waals surface area contributed by atoms with E-state index in [9.17, 15) is 19.3 Å². The first-order valence-electron chi connectivity index (χ1n) is 6.12. The zero-order valence-electron chi connectivity index (χ0n) is 10.7. The molecule has 21 heavy (non-hydrogen) atoms. The highest BCUT2D eigenvalue weighted by atomic mass is 19.1. The van der Waals surface area contributed by atoms with Crippen LogP contribution in [0.1, 0.15) is 10.4 Å². The number of H-pyrrole nitrogens is 1. The number of hydrogen-bond acceptors (Lipinski definition) is 3. The number of fused-ring (bicyclic) bond motifs is 1. The number of nitro benzene ring substituents is 1. The number of aromatic nitrogens is 1. The van der Waals surface area contributed by atoms with E-state index in [4.69, 9.17) is 0 Å². The lowest BCUT2D eigenvalue weighted by atomic mass is 10.0. The second-order valence-corrected chi connectivity index (χ2v) is 4.50. The highest BCUT2D eigenvalue weighted by molar-refractivity contribution is 6.05. The number of benzene rings is 2. The lowest BCUT2D eigenvalue weighted by molar-refractivity contribution is -0.384. The van der Waals surface area contributed by atoms with Crippen LogP contribution in [0.2, 0.25) is 0 Å². The van der Waals surface area contributed by atoms with Crippen molar-refractivity contribution >= 4 is 22.9 Å². The van der Waals surface area contributed by atoms with Crippen LogP contribution in [0, 0.1) is 15.9 Å². The summed E-state index contributed by atoms with van der Waals surface area (Å²) in [5.41, 5.74) is 1.25. The molecular formula is C15H9FN2O3. The lowest BCUT2D eigenvalue weighted by Crippen LogP contribution is -1.93. The van der Waals surface area contributed by atoms with Crippen molar-refractivity contribution in [3.63, 3.8) is 0 Å². The van der Waals surface area contributed by atoms with Crippen molar-refractivity contribution in [1.82, 2.24) is 4.98 Å². The number of aldehydes is 1. The summed E-state index contributed by atoms with van der Waals surface area (Å²) in [5, 5.41) is 11.5. The minimum absolute atomic E-state index is 0.118. The second-order valence-electron chi connectivity index (χ2n) is 4.50. The van der Waals surface area contributed by atoms with E-state index < -0.39 is 10.7 Å². The van der Waals surface area contributed by atoms with Gasteiger partial charge in [0.05, 0.1) is 16.2 Å². The van der Waals surface area contributed by atoms with Crippen LogP contribution in [0.25, 0.3) is 22.2 Å². The van der Waals surface area contributed by atoms with Crippen molar-refractivity contribution in [3.8, 4) is 11.3 Å². The number of aromatic amines is 1. The summed E-state index contributed by atoms with van der Waals surface area (Å²) in [5.74, 6) is -0.473. The molecule has 0 saturated heterocycles. The maximum Gasteiger partial charge on any atom is 0.278 e. The molecule has 0 amide bonds. The molecule has 1 aromatic heterocycles. The summed E-state index contributed by atoms with van der Waals surface area (Å²) in [4.78, 5) is 24.9. The number of nitro groups is 1. The van der Waals surface area contributed by atoms with Gasteiger partial charge in [0.25, 0.3) is 5.69 Å². The average molecular weight is 284 g/mol. The van der Waals surface area contributed by atoms with Crippen LogP contribution in [-0.4, -0.2) is 16.2 Å². The standard InChI is InChI=1S/C15H9FN2O3/c16-9-5-6-13-11(7-9)12(8-19)15(17-13)10-3-1-2-4-14(10)18(20)21/h1-8,17H. The maximum absolute atomic E-state index is 13.3. The summed E-state index contributed by atoms with van der Waals surface area (Å²) in [7, 11) is 0. The Balaban J connectivity index is 2.36. The van der Waals surface area contributed by atoms with E-state index in [1.54, 1.807) is 18.2 Å². The molecule has 0 atom stereocenters. The molecule has 0 bridgehead atoms. The number of carbonyl (C=O) groups is 1. The molecule has 0 aliphatic heterocycles. The molecule has 0 saturated carbocycles. The highest BCUT2D eigenvalue weighted by Gasteiger charge is 2.20. The Bertz CT molecular complexity index is 870. The molecule has 0 aliphatic carbocycles. The second kappa shape index (κ2) is 4.82. The van der Waals surface area contributed by atoms with Gasteiger partial charge >= 0.3 is 0 Å². The van der Waals surface area contributed by atoms with Crippen LogP contribution >= 0.6 is 0 Å². The van der Waals surface area contributed by atoms with Crippen LogP contribution in [0.5, 0.6) is 0 Å². The van der Waals surface area contributed by atoms with Gasteiger partial charge in [0.2, 0.25) is 0 Å². The first-order valence-corrected chi connectivity index (χ1v) is 6.12. The summed E-state index contributed by atoms with van der Waals surface area (Å²) in [6, 6.07) is 10.1. The van der Waals surface area contributed by atoms with E-state index in [-0.39, 0.29) is 11.3 Å². The summed E-state index contributed by atoms with van der Waals surface area (Å²) >= 11 is 0. The van der Waals surface area contributed by atoms with Crippen LogP contribution in [0.4, 0.5) is 10.1 Å². The molecular weight excluding hydrogens is 275 g/mol. The third kappa shape index (κ3) is 2.06. The first kappa shape index (κ1) is 13.0. The number of para-hydroxylation sites is 1. The Morgan fingerprint density at radius 2 is 1.95 bits per heavy atom. The topological polar surface area (TPSA) is 76.0 Å². The van der Waals surface area contributed by atoms with Gasteiger partial charge in [0.15, 0.2) is 6.29 Å². The molecule has 1 N–H and O–H groups in total. The Morgan fingerprint density at radius 3 is 2.67 bits per heavy atom. The van der Waals surface area contributed by atoms with Gasteiger partial charge in [0.1, 0.15) is 5.82 Å². The molecule has 3 aromatic rings. The fourth-order valence-electron chi connectivity index (χ4n) is 2.36. The molecule has 2 aromatic carbocycles. The van der Waals surface area contributed by atoms with E-state index in [0.717, 1.165) is 0 Å². The van der Waals surface area contributed by atoms with Gasteiger partial charge in [0, 0.05) is 22.5 Å². The van der Waals surface area contributed by atoms with Crippen molar-refractivity contribution in [2.24, 2.45) is 0 Å². The normalized spacial score (nSPS) is 10.7. The number of halogens is 1. The number of hydrogen-bond donors (Lipinski definition) is 1. The minimum atomic E-state index is -0.518. The molecule has 1 heterocycles. The monoisotopic (exact) mass is 284 g/mol. The van der Waals surface area contributed by atoms with Crippen LogP contribution in [0.15, 0.2) is 42.5 Å². The Hall–Kier alpha value is -3.02. The van der Waals surface area contributed by atoms with Gasteiger partial charge in [-0.2, -0.15) is 0 Å². The van der Waals surface area contributed by atoms with Gasteiger partial charge in [-0.3, -0.25) is 14.9 Å². The molecule has 0 unspecified atom stereocenters. The Labute approximate surface area is 118 Å². The van der Waals surface area contributed by atoms with Crippen LogP contribution in [0.3, 0.4) is 0 Å². The molecule has 0 radical (unpaired) electrons. The Kier molecular flexibility index (Phi) is 2.98. The average Bonchev–Trinajstić information content (AvgIpc) is 2.84. The van der Waals surface area contributed by atoms with Gasteiger partial charge in [-0.25, -0.2) is 4.39 Å². The predicted molar refractivity (Wildman–Crippen MR) is 75.7 cm³/mol. The third-order valence-electron chi connectivity index (χ3n) is 3.29. The van der Waals surface area contributed by atoms with E-state index in [1.807, 2.05) is 0 Å². The van der Waals surface area contributed by atoms with Crippen molar-refractivity contribution in [3.05, 3.63) is 64.0 Å². The third-order valence-corrected chi connectivity index (χ3v) is 3.29. The zero-order valence-corrected chi connectivity index (χ0v) is 10.7. The molecule has 6 heteroatoms. The highest BCUT2D eigenvalue weighted by Crippen LogP contribution is 2.34. The molecule has 0 spiro atoms. The fourth-order valence-corrected chi connectivity index (χ4v) is 2.36. The van der Waals surface area contributed by atoms with Crippen molar-refractivity contribution < 1.29 is 14.1 Å². The van der Waals surface area contributed by atoms with Crippen LogP contribution in [-0.2, 0) is 0 Å². The maximum atomic E-state index is 13.3. The smallest absolute Gasteiger partial charge is 0.278 e. The summed E-state index contributed by atoms with van der Waals surface area (Å²) in [6.45, 7) is 0. The van der Waals surface area contributed by atoms with E-state index >= 15 is 0 Å². The number of carbonyl (C=O) groups excluding carboxylic acids is 1. The fraction of sp³-hybridized carbons (Fsp3) is 0. The summed E-state index contributed by atoms with van der Waals surface area (Å²) in [6.07, 6.45) is 0.574. The van der Waals surface area contributed by atoms with Gasteiger partial charge in [-0.1, -0.05) is 12.1 Å². The van der Waals surface area contributed by atoms with E-state index in [2.05, 4.69) is 4.98 Å².